The fourth-order valence-electron chi connectivity index (χ4n) is 1.58. The molecule has 2 N–H and O–H groups in total. The van der Waals surface area contributed by atoms with Crippen LogP contribution in [0.25, 0.3) is 0 Å². The third kappa shape index (κ3) is 3.69. The summed E-state index contributed by atoms with van der Waals surface area (Å²) in [5.74, 6) is -1.21. The average Bonchev–Trinajstić information content (AvgIpc) is 2.40. The maximum Gasteiger partial charge on any atom is 0.311 e. The molecule has 1 atom stereocenters. The number of aromatic nitrogens is 2. The van der Waals surface area contributed by atoms with Crippen molar-refractivity contribution in [1.82, 2.24) is 9.97 Å². The van der Waals surface area contributed by atoms with Crippen LogP contribution in [0, 0.1) is 0 Å². The van der Waals surface area contributed by atoms with E-state index in [1.54, 1.807) is 24.3 Å². The van der Waals surface area contributed by atoms with E-state index in [4.69, 9.17) is 0 Å². The van der Waals surface area contributed by atoms with Gasteiger partial charge in [0.25, 0.3) is 5.56 Å². The number of carboxylic acid groups (broad SMARTS) is 1. The van der Waals surface area contributed by atoms with Crippen molar-refractivity contribution in [3.63, 3.8) is 0 Å². The number of nitrogens with zero attached hydrogens (tertiary/aromatic N) is 1. The summed E-state index contributed by atoms with van der Waals surface area (Å²) in [6.07, 6.45) is 1.40. The SMILES string of the molecule is O=C(O)C(CSc1nccc(=O)[nH]1)c1ccccc1. The van der Waals surface area contributed by atoms with Gasteiger partial charge in [-0.25, -0.2) is 4.98 Å². The molecule has 19 heavy (non-hydrogen) atoms. The summed E-state index contributed by atoms with van der Waals surface area (Å²) in [6.45, 7) is 0. The summed E-state index contributed by atoms with van der Waals surface area (Å²) < 4.78 is 0. The highest BCUT2D eigenvalue weighted by atomic mass is 32.2. The lowest BCUT2D eigenvalue weighted by atomic mass is 10.0. The number of hydrogen-bond donors (Lipinski definition) is 2. The third-order valence-electron chi connectivity index (χ3n) is 2.53. The lowest BCUT2D eigenvalue weighted by molar-refractivity contribution is -0.138. The van der Waals surface area contributed by atoms with E-state index in [0.29, 0.717) is 10.9 Å². The van der Waals surface area contributed by atoms with Gasteiger partial charge in [-0.2, -0.15) is 0 Å². The molecule has 6 heteroatoms. The van der Waals surface area contributed by atoms with E-state index in [9.17, 15) is 14.7 Å². The van der Waals surface area contributed by atoms with Crippen LogP contribution in [0.3, 0.4) is 0 Å². The van der Waals surface area contributed by atoms with E-state index in [1.807, 2.05) is 6.07 Å². The van der Waals surface area contributed by atoms with Crippen molar-refractivity contribution in [3.05, 3.63) is 58.5 Å². The molecule has 0 saturated carbocycles. The van der Waals surface area contributed by atoms with Gasteiger partial charge in [0.15, 0.2) is 5.16 Å². The first-order chi connectivity index (χ1) is 9.16. The van der Waals surface area contributed by atoms with Crippen LogP contribution < -0.4 is 5.56 Å². The Morgan fingerprint density at radius 2 is 2.05 bits per heavy atom. The van der Waals surface area contributed by atoms with Gasteiger partial charge >= 0.3 is 5.97 Å². The molecular weight excluding hydrogens is 264 g/mol. The fraction of sp³-hybridized carbons (Fsp3) is 0.154. The second-order valence-corrected chi connectivity index (χ2v) is 4.86. The molecule has 0 fully saturated rings. The van der Waals surface area contributed by atoms with Crippen molar-refractivity contribution < 1.29 is 9.90 Å². The highest BCUT2D eigenvalue weighted by Crippen LogP contribution is 2.23. The van der Waals surface area contributed by atoms with Gasteiger partial charge in [-0.1, -0.05) is 42.1 Å². The zero-order valence-corrected chi connectivity index (χ0v) is 10.8. The van der Waals surface area contributed by atoms with Crippen LogP contribution in [-0.4, -0.2) is 26.8 Å². The molecular formula is C13H12N2O3S. The Morgan fingerprint density at radius 1 is 1.32 bits per heavy atom. The number of aromatic amines is 1. The van der Waals surface area contributed by atoms with Crippen LogP contribution in [0.5, 0.6) is 0 Å². The first-order valence-electron chi connectivity index (χ1n) is 5.62. The normalized spacial score (nSPS) is 12.0. The first-order valence-corrected chi connectivity index (χ1v) is 6.61. The van der Waals surface area contributed by atoms with E-state index < -0.39 is 11.9 Å². The molecule has 5 nitrogen and oxygen atoms in total. The van der Waals surface area contributed by atoms with Crippen molar-refractivity contribution in [1.29, 1.82) is 0 Å². The lowest BCUT2D eigenvalue weighted by Gasteiger charge is -2.11. The predicted molar refractivity (Wildman–Crippen MR) is 72.4 cm³/mol. The maximum absolute atomic E-state index is 11.3. The Kier molecular flexibility index (Phi) is 4.35. The molecule has 1 unspecified atom stereocenters. The van der Waals surface area contributed by atoms with Crippen molar-refractivity contribution in [2.45, 2.75) is 11.1 Å². The van der Waals surface area contributed by atoms with Gasteiger partial charge in [0.05, 0.1) is 5.92 Å². The minimum Gasteiger partial charge on any atom is -0.481 e. The molecule has 1 aromatic heterocycles. The second kappa shape index (κ2) is 6.19. The van der Waals surface area contributed by atoms with Crippen LogP contribution in [0.15, 0.2) is 52.5 Å². The van der Waals surface area contributed by atoms with Crippen LogP contribution >= 0.6 is 11.8 Å². The number of carboxylic acids is 1. The van der Waals surface area contributed by atoms with Crippen LogP contribution in [0.4, 0.5) is 0 Å². The highest BCUT2D eigenvalue weighted by Gasteiger charge is 2.20. The summed E-state index contributed by atoms with van der Waals surface area (Å²) in [6, 6.07) is 10.3. The Hall–Kier alpha value is -2.08. The van der Waals surface area contributed by atoms with Crippen molar-refractivity contribution >= 4 is 17.7 Å². The van der Waals surface area contributed by atoms with Crippen LogP contribution in [-0.2, 0) is 4.79 Å². The molecule has 0 aliphatic carbocycles. The molecule has 0 spiro atoms. The molecule has 2 rings (SSSR count). The minimum atomic E-state index is -0.892. The fourth-order valence-corrected chi connectivity index (χ4v) is 2.55. The number of carbonyl (C=O) groups is 1. The Bertz CT molecular complexity index is 613. The van der Waals surface area contributed by atoms with Gasteiger partial charge in [0.2, 0.25) is 0 Å². The average molecular weight is 276 g/mol. The molecule has 0 saturated heterocycles. The van der Waals surface area contributed by atoms with E-state index in [2.05, 4.69) is 9.97 Å². The van der Waals surface area contributed by atoms with Gasteiger partial charge in [-0.05, 0) is 5.56 Å². The topological polar surface area (TPSA) is 83.0 Å². The number of thioether (sulfide) groups is 1. The summed E-state index contributed by atoms with van der Waals surface area (Å²) >= 11 is 1.22. The van der Waals surface area contributed by atoms with Gasteiger partial charge in [0.1, 0.15) is 0 Å². The second-order valence-electron chi connectivity index (χ2n) is 3.85. The van der Waals surface area contributed by atoms with Crippen molar-refractivity contribution in [3.8, 4) is 0 Å². The Labute approximate surface area is 113 Å². The molecule has 1 aromatic carbocycles. The summed E-state index contributed by atoms with van der Waals surface area (Å²) in [7, 11) is 0. The number of benzene rings is 1. The van der Waals surface area contributed by atoms with Gasteiger partial charge in [-0.15, -0.1) is 0 Å². The molecule has 0 aliphatic heterocycles. The summed E-state index contributed by atoms with van der Waals surface area (Å²) in [4.78, 5) is 28.9. The maximum atomic E-state index is 11.3. The van der Waals surface area contributed by atoms with Gasteiger partial charge in [-0.3, -0.25) is 9.59 Å². The number of nitrogens with one attached hydrogen (secondary N) is 1. The molecule has 2 aromatic rings. The van der Waals surface area contributed by atoms with E-state index in [1.165, 1.54) is 24.0 Å². The summed E-state index contributed by atoms with van der Waals surface area (Å²) in [5.41, 5.74) is 0.491. The van der Waals surface area contributed by atoms with E-state index in [-0.39, 0.29) is 5.56 Å². The zero-order valence-electron chi connectivity index (χ0n) is 9.95. The zero-order chi connectivity index (χ0) is 13.7. The molecule has 98 valence electrons. The van der Waals surface area contributed by atoms with Crippen LogP contribution in [0.1, 0.15) is 11.5 Å². The predicted octanol–water partition coefficient (Wildman–Crippen LogP) is 1.73. The highest BCUT2D eigenvalue weighted by molar-refractivity contribution is 7.99. The standard InChI is InChI=1S/C13H12N2O3S/c16-11-6-7-14-13(15-11)19-8-10(12(17)18)9-4-2-1-3-5-9/h1-7,10H,8H2,(H,17,18)(H,14,15,16). The van der Waals surface area contributed by atoms with Gasteiger partial charge < -0.3 is 10.1 Å². The number of aliphatic carboxylic acids is 1. The van der Waals surface area contributed by atoms with Crippen molar-refractivity contribution in [2.24, 2.45) is 0 Å². The smallest absolute Gasteiger partial charge is 0.311 e. The largest absolute Gasteiger partial charge is 0.481 e. The first kappa shape index (κ1) is 13.4. The minimum absolute atomic E-state index is 0.246. The number of H-pyrrole nitrogens is 1. The van der Waals surface area contributed by atoms with Gasteiger partial charge in [0, 0.05) is 18.0 Å². The van der Waals surface area contributed by atoms with Crippen molar-refractivity contribution in [2.75, 3.05) is 5.75 Å². The monoisotopic (exact) mass is 276 g/mol. The van der Waals surface area contributed by atoms with E-state index >= 15 is 0 Å². The Morgan fingerprint density at radius 3 is 2.68 bits per heavy atom. The molecule has 0 amide bonds. The molecule has 0 bridgehead atoms. The lowest BCUT2D eigenvalue weighted by Crippen LogP contribution is -2.15. The van der Waals surface area contributed by atoms with Crippen LogP contribution in [0.2, 0.25) is 0 Å². The van der Waals surface area contributed by atoms with E-state index in [0.717, 1.165) is 5.56 Å². The molecule has 0 radical (unpaired) electrons. The quantitative estimate of drug-likeness (QED) is 0.642. The Balaban J connectivity index is 2.10. The summed E-state index contributed by atoms with van der Waals surface area (Å²) in [5, 5.41) is 9.68. The number of hydrogen-bond acceptors (Lipinski definition) is 4. The molecule has 1 heterocycles. The third-order valence-corrected chi connectivity index (χ3v) is 3.52. The number of rotatable bonds is 5. The molecule has 0 aliphatic rings.